The Balaban J connectivity index is 2.56. The smallest absolute Gasteiger partial charge is 0.326 e. The second-order valence-electron chi connectivity index (χ2n) is 4.95. The van der Waals surface area contributed by atoms with Gasteiger partial charge in [0.05, 0.1) is 0 Å². The largest absolute Gasteiger partial charge is 0.480 e. The molecule has 0 aliphatic heterocycles. The van der Waals surface area contributed by atoms with Crippen molar-refractivity contribution in [1.29, 1.82) is 0 Å². The Bertz CT molecular complexity index is 623. The number of aromatic nitrogens is 1. The highest BCUT2D eigenvalue weighted by Crippen LogP contribution is 1.99. The number of carbonyl (C=O) groups is 3. The average Bonchev–Trinajstić information content (AvgIpc) is 2.43. The van der Waals surface area contributed by atoms with Gasteiger partial charge in [0, 0.05) is 31.6 Å². The summed E-state index contributed by atoms with van der Waals surface area (Å²) in [7, 11) is 0. The number of carboxylic acid groups (broad SMARTS) is 1. The zero-order valence-electron chi connectivity index (χ0n) is 12.2. The molecule has 1 rings (SSSR count). The number of nitrogens with one attached hydrogen (secondary N) is 1. The van der Waals surface area contributed by atoms with E-state index in [0.717, 1.165) is 5.56 Å². The lowest BCUT2D eigenvalue weighted by atomic mass is 10.1. The van der Waals surface area contributed by atoms with Crippen molar-refractivity contribution in [3.8, 4) is 0 Å². The summed E-state index contributed by atoms with van der Waals surface area (Å²) in [4.78, 5) is 45.0. The van der Waals surface area contributed by atoms with E-state index >= 15 is 0 Å². The maximum Gasteiger partial charge on any atom is 0.326 e. The Morgan fingerprint density at radius 3 is 2.59 bits per heavy atom. The lowest BCUT2D eigenvalue weighted by Crippen LogP contribution is -2.41. The van der Waals surface area contributed by atoms with Crippen LogP contribution in [0.4, 0.5) is 0 Å². The number of nitrogens with two attached hydrogens (primary N) is 1. The van der Waals surface area contributed by atoms with E-state index < -0.39 is 23.8 Å². The molecule has 0 aliphatic rings. The molecule has 0 bridgehead atoms. The molecule has 1 unspecified atom stereocenters. The van der Waals surface area contributed by atoms with Gasteiger partial charge < -0.3 is 20.7 Å². The maximum absolute atomic E-state index is 11.8. The topological polar surface area (TPSA) is 131 Å². The first-order valence-electron chi connectivity index (χ1n) is 6.77. The molecule has 8 nitrogen and oxygen atoms in total. The van der Waals surface area contributed by atoms with E-state index in [4.69, 9.17) is 10.8 Å². The van der Waals surface area contributed by atoms with Crippen molar-refractivity contribution >= 4 is 17.8 Å². The molecule has 2 amide bonds. The average molecular weight is 309 g/mol. The van der Waals surface area contributed by atoms with Gasteiger partial charge in [-0.1, -0.05) is 6.07 Å². The maximum atomic E-state index is 11.8. The standard InChI is InChI=1S/C14H19N3O5/c1-9-2-5-13(20)17(8-9)7-6-12(19)16-10(14(21)22)3-4-11(15)18/h2,5,8,10H,3-4,6-7H2,1H3,(H2,15,18)(H,16,19)(H,21,22). The molecular formula is C14H19N3O5. The summed E-state index contributed by atoms with van der Waals surface area (Å²) < 4.78 is 1.38. The molecule has 4 N–H and O–H groups in total. The minimum absolute atomic E-state index is 0.0380. The van der Waals surface area contributed by atoms with Crippen molar-refractivity contribution in [2.24, 2.45) is 5.73 Å². The fourth-order valence-electron chi connectivity index (χ4n) is 1.86. The van der Waals surface area contributed by atoms with E-state index in [9.17, 15) is 19.2 Å². The SMILES string of the molecule is Cc1ccc(=O)n(CCC(=O)NC(CCC(N)=O)C(=O)O)c1. The Labute approximate surface area is 126 Å². The molecule has 1 aromatic heterocycles. The Morgan fingerprint density at radius 1 is 1.32 bits per heavy atom. The van der Waals surface area contributed by atoms with Crippen molar-refractivity contribution in [2.75, 3.05) is 0 Å². The number of rotatable bonds is 8. The van der Waals surface area contributed by atoms with Crippen LogP contribution in [0.3, 0.4) is 0 Å². The number of hydrogen-bond acceptors (Lipinski definition) is 4. The summed E-state index contributed by atoms with van der Waals surface area (Å²) in [6.07, 6.45) is 1.39. The normalized spacial score (nSPS) is 11.7. The van der Waals surface area contributed by atoms with Crippen LogP contribution >= 0.6 is 0 Å². The molecule has 0 aliphatic carbocycles. The van der Waals surface area contributed by atoms with Crippen molar-refractivity contribution in [2.45, 2.75) is 38.8 Å². The van der Waals surface area contributed by atoms with Gasteiger partial charge in [-0.2, -0.15) is 0 Å². The van der Waals surface area contributed by atoms with Gasteiger partial charge >= 0.3 is 5.97 Å². The van der Waals surface area contributed by atoms with Crippen LogP contribution in [-0.4, -0.2) is 33.5 Å². The van der Waals surface area contributed by atoms with Crippen molar-refractivity contribution in [3.63, 3.8) is 0 Å². The summed E-state index contributed by atoms with van der Waals surface area (Å²) in [5, 5.41) is 11.3. The predicted molar refractivity (Wildman–Crippen MR) is 78.1 cm³/mol. The fraction of sp³-hybridized carbons (Fsp3) is 0.429. The number of aryl methyl sites for hydroxylation is 2. The highest BCUT2D eigenvalue weighted by Gasteiger charge is 2.20. The Kier molecular flexibility index (Phi) is 6.30. The third-order valence-electron chi connectivity index (χ3n) is 3.02. The summed E-state index contributed by atoms with van der Waals surface area (Å²) in [6, 6.07) is 1.90. The van der Waals surface area contributed by atoms with E-state index in [-0.39, 0.29) is 31.4 Å². The van der Waals surface area contributed by atoms with Crippen molar-refractivity contribution in [3.05, 3.63) is 34.2 Å². The zero-order valence-corrected chi connectivity index (χ0v) is 12.2. The first kappa shape index (κ1) is 17.4. The first-order valence-corrected chi connectivity index (χ1v) is 6.77. The monoisotopic (exact) mass is 309 g/mol. The number of amides is 2. The number of carboxylic acids is 1. The number of pyridine rings is 1. The van der Waals surface area contributed by atoms with Crippen LogP contribution in [0.2, 0.25) is 0 Å². The highest BCUT2D eigenvalue weighted by molar-refractivity contribution is 5.84. The van der Waals surface area contributed by atoms with E-state index in [2.05, 4.69) is 5.32 Å². The highest BCUT2D eigenvalue weighted by atomic mass is 16.4. The lowest BCUT2D eigenvalue weighted by molar-refractivity contribution is -0.142. The molecule has 1 aromatic rings. The lowest BCUT2D eigenvalue weighted by Gasteiger charge is -2.14. The predicted octanol–water partition coefficient (Wildman–Crippen LogP) is -0.618. The van der Waals surface area contributed by atoms with Gasteiger partial charge in [-0.25, -0.2) is 4.79 Å². The summed E-state index contributed by atoms with van der Waals surface area (Å²) >= 11 is 0. The number of carbonyl (C=O) groups excluding carboxylic acids is 2. The van der Waals surface area contributed by atoms with Crippen LogP contribution in [0.5, 0.6) is 0 Å². The molecule has 0 saturated carbocycles. The van der Waals surface area contributed by atoms with Crippen LogP contribution in [0.25, 0.3) is 0 Å². The van der Waals surface area contributed by atoms with Gasteiger partial charge in [0.1, 0.15) is 6.04 Å². The van der Waals surface area contributed by atoms with Crippen molar-refractivity contribution < 1.29 is 19.5 Å². The molecule has 0 saturated heterocycles. The van der Waals surface area contributed by atoms with E-state index in [1.165, 1.54) is 10.6 Å². The van der Waals surface area contributed by atoms with E-state index in [1.54, 1.807) is 12.3 Å². The summed E-state index contributed by atoms with van der Waals surface area (Å²) in [6.45, 7) is 1.97. The summed E-state index contributed by atoms with van der Waals surface area (Å²) in [5.74, 6) is -2.38. The molecule has 0 spiro atoms. The minimum Gasteiger partial charge on any atom is -0.480 e. The number of primary amides is 1. The van der Waals surface area contributed by atoms with E-state index in [0.29, 0.717) is 0 Å². The van der Waals surface area contributed by atoms with E-state index in [1.807, 2.05) is 6.92 Å². The van der Waals surface area contributed by atoms with Gasteiger partial charge in [0.15, 0.2) is 0 Å². The molecular weight excluding hydrogens is 290 g/mol. The third kappa shape index (κ3) is 5.78. The molecule has 8 heteroatoms. The number of aliphatic carboxylic acids is 1. The molecule has 0 radical (unpaired) electrons. The quantitative estimate of drug-likeness (QED) is 0.589. The van der Waals surface area contributed by atoms with Gasteiger partial charge in [0.25, 0.3) is 5.56 Å². The van der Waals surface area contributed by atoms with Gasteiger partial charge in [0.2, 0.25) is 11.8 Å². The fourth-order valence-corrected chi connectivity index (χ4v) is 1.86. The van der Waals surface area contributed by atoms with Crippen LogP contribution in [0.15, 0.2) is 23.1 Å². The Hall–Kier alpha value is -2.64. The Morgan fingerprint density at radius 2 is 2.00 bits per heavy atom. The minimum atomic E-state index is -1.23. The van der Waals surface area contributed by atoms with Crippen LogP contribution in [-0.2, 0) is 20.9 Å². The third-order valence-corrected chi connectivity index (χ3v) is 3.02. The molecule has 120 valence electrons. The van der Waals surface area contributed by atoms with Crippen molar-refractivity contribution in [1.82, 2.24) is 9.88 Å². The van der Waals surface area contributed by atoms with Gasteiger partial charge in [-0.05, 0) is 18.9 Å². The van der Waals surface area contributed by atoms with Crippen LogP contribution < -0.4 is 16.6 Å². The molecule has 1 heterocycles. The summed E-state index contributed by atoms with van der Waals surface area (Å²) in [5.41, 5.74) is 5.60. The van der Waals surface area contributed by atoms with Gasteiger partial charge in [-0.3, -0.25) is 14.4 Å². The number of hydrogen-bond donors (Lipinski definition) is 3. The zero-order chi connectivity index (χ0) is 16.7. The number of nitrogens with zero attached hydrogens (tertiary/aromatic N) is 1. The van der Waals surface area contributed by atoms with Crippen LogP contribution in [0, 0.1) is 6.92 Å². The second kappa shape index (κ2) is 7.96. The molecule has 0 fully saturated rings. The molecule has 22 heavy (non-hydrogen) atoms. The van der Waals surface area contributed by atoms with Crippen LogP contribution in [0.1, 0.15) is 24.8 Å². The first-order chi connectivity index (χ1) is 10.3. The van der Waals surface area contributed by atoms with Gasteiger partial charge in [-0.15, -0.1) is 0 Å². The molecule has 1 atom stereocenters. The second-order valence-corrected chi connectivity index (χ2v) is 4.95. The molecule has 0 aromatic carbocycles.